The molecule has 2 heterocycles. The lowest BCUT2D eigenvalue weighted by Gasteiger charge is -2.09. The Kier molecular flexibility index (Phi) is 5.43. The van der Waals surface area contributed by atoms with E-state index in [9.17, 15) is 4.79 Å². The third-order valence-corrected chi connectivity index (χ3v) is 3.96. The second-order valence-electron chi connectivity index (χ2n) is 5.75. The van der Waals surface area contributed by atoms with E-state index in [1.54, 1.807) is 12.1 Å². The highest BCUT2D eigenvalue weighted by molar-refractivity contribution is 6.35. The molecular formula is C18H17ClN6O2. The van der Waals surface area contributed by atoms with Gasteiger partial charge in [-0.2, -0.15) is 4.98 Å². The van der Waals surface area contributed by atoms with Crippen molar-refractivity contribution in [3.63, 3.8) is 0 Å². The predicted molar refractivity (Wildman–Crippen MR) is 103 cm³/mol. The molecule has 27 heavy (non-hydrogen) atoms. The molecule has 3 aromatic rings. The van der Waals surface area contributed by atoms with E-state index in [-0.39, 0.29) is 23.7 Å². The van der Waals surface area contributed by atoms with Crippen molar-refractivity contribution in [2.24, 2.45) is 0 Å². The van der Waals surface area contributed by atoms with Crippen LogP contribution < -0.4 is 15.8 Å². The first-order chi connectivity index (χ1) is 13.0. The Hall–Kier alpha value is -3.31. The first kappa shape index (κ1) is 18.5. The molecule has 0 aliphatic carbocycles. The second kappa shape index (κ2) is 7.93. The summed E-state index contributed by atoms with van der Waals surface area (Å²) in [6, 6.07) is 5.12. The van der Waals surface area contributed by atoms with Crippen LogP contribution in [0, 0.1) is 11.8 Å². The van der Waals surface area contributed by atoms with Crippen molar-refractivity contribution in [1.82, 2.24) is 25.3 Å². The third-order valence-electron chi connectivity index (χ3n) is 3.65. The van der Waals surface area contributed by atoms with Crippen molar-refractivity contribution >= 4 is 34.5 Å². The summed E-state index contributed by atoms with van der Waals surface area (Å²) in [5.74, 6) is 6.18. The van der Waals surface area contributed by atoms with Gasteiger partial charge in [0.1, 0.15) is 11.1 Å². The molecule has 0 aliphatic heterocycles. The Morgan fingerprint density at radius 3 is 3.00 bits per heavy atom. The molecule has 1 aromatic carbocycles. The van der Waals surface area contributed by atoms with E-state index in [2.05, 4.69) is 37.1 Å². The predicted octanol–water partition coefficient (Wildman–Crippen LogP) is 2.16. The lowest BCUT2D eigenvalue weighted by molar-refractivity contribution is 0.0931. The van der Waals surface area contributed by atoms with Gasteiger partial charge in [0.25, 0.3) is 5.91 Å². The third kappa shape index (κ3) is 4.27. The fraction of sp³-hybridized carbons (Fsp3) is 0.222. The van der Waals surface area contributed by atoms with Crippen molar-refractivity contribution in [3.8, 4) is 17.7 Å². The number of hydrogen-bond donors (Lipinski definition) is 3. The van der Waals surface area contributed by atoms with Crippen LogP contribution in [0.3, 0.4) is 0 Å². The minimum Gasteiger partial charge on any atom is -0.480 e. The van der Waals surface area contributed by atoms with Crippen molar-refractivity contribution < 1.29 is 9.53 Å². The van der Waals surface area contributed by atoms with Gasteiger partial charge in [-0.15, -0.1) is 0 Å². The number of fused-ring (bicyclic) bond motifs is 1. The molecular weight excluding hydrogens is 368 g/mol. The molecule has 1 atom stereocenters. The largest absolute Gasteiger partial charge is 0.480 e. The maximum absolute atomic E-state index is 12.4. The minimum atomic E-state index is -0.329. The maximum atomic E-state index is 12.4. The van der Waals surface area contributed by atoms with Gasteiger partial charge in [0.2, 0.25) is 11.8 Å². The Bertz CT molecular complexity index is 1050. The van der Waals surface area contributed by atoms with E-state index in [4.69, 9.17) is 22.1 Å². The standard InChI is InChI=1S/C18H17ClN6O2/c1-10(5-3-6-11-9-21-18(20)25-17(11)27-2)22-16(26)15-23-13-8-4-7-12(19)14(13)24-15/h4,7-10H,5H2,1-2H3,(H,22,26)(H,23,24)(H2,20,21,25)/t10-/m0/s1. The van der Waals surface area contributed by atoms with Crippen molar-refractivity contribution in [3.05, 3.63) is 40.8 Å². The lowest BCUT2D eigenvalue weighted by Crippen LogP contribution is -2.32. The molecule has 0 fully saturated rings. The number of aromatic amines is 1. The number of methoxy groups -OCH3 is 1. The monoisotopic (exact) mass is 384 g/mol. The average Bonchev–Trinajstić information content (AvgIpc) is 3.08. The number of nitrogens with one attached hydrogen (secondary N) is 2. The molecule has 4 N–H and O–H groups in total. The van der Waals surface area contributed by atoms with Gasteiger partial charge in [-0.1, -0.05) is 29.5 Å². The molecule has 0 saturated heterocycles. The van der Waals surface area contributed by atoms with Crippen LogP contribution in [0.2, 0.25) is 5.02 Å². The van der Waals surface area contributed by atoms with E-state index in [1.165, 1.54) is 13.3 Å². The van der Waals surface area contributed by atoms with Crippen LogP contribution in [-0.2, 0) is 0 Å². The molecule has 0 bridgehead atoms. The van der Waals surface area contributed by atoms with Crippen LogP contribution in [0.25, 0.3) is 11.0 Å². The normalized spacial score (nSPS) is 11.5. The Labute approximate surface area is 160 Å². The number of benzene rings is 1. The van der Waals surface area contributed by atoms with E-state index in [0.29, 0.717) is 33.9 Å². The maximum Gasteiger partial charge on any atom is 0.287 e. The van der Waals surface area contributed by atoms with Gasteiger partial charge >= 0.3 is 0 Å². The zero-order valence-electron chi connectivity index (χ0n) is 14.7. The van der Waals surface area contributed by atoms with Crippen LogP contribution in [-0.4, -0.2) is 39.0 Å². The lowest BCUT2D eigenvalue weighted by atomic mass is 10.2. The highest BCUT2D eigenvalue weighted by Crippen LogP contribution is 2.20. The molecule has 9 heteroatoms. The van der Waals surface area contributed by atoms with Crippen molar-refractivity contribution in [2.75, 3.05) is 12.8 Å². The van der Waals surface area contributed by atoms with E-state index in [0.717, 1.165) is 0 Å². The first-order valence-corrected chi connectivity index (χ1v) is 8.46. The number of nitrogens with zero attached hydrogens (tertiary/aromatic N) is 3. The molecule has 138 valence electrons. The van der Waals surface area contributed by atoms with Crippen LogP contribution in [0.1, 0.15) is 29.5 Å². The molecule has 0 unspecified atom stereocenters. The summed E-state index contributed by atoms with van der Waals surface area (Å²) in [4.78, 5) is 27.4. The van der Waals surface area contributed by atoms with Gasteiger partial charge in [-0.25, -0.2) is 9.97 Å². The van der Waals surface area contributed by atoms with Crippen LogP contribution in [0.4, 0.5) is 5.95 Å². The van der Waals surface area contributed by atoms with Gasteiger partial charge < -0.3 is 20.8 Å². The number of carbonyl (C=O) groups excluding carboxylic acids is 1. The van der Waals surface area contributed by atoms with E-state index in [1.807, 2.05) is 13.0 Å². The molecule has 3 rings (SSSR count). The summed E-state index contributed by atoms with van der Waals surface area (Å²) in [5.41, 5.74) is 7.30. The summed E-state index contributed by atoms with van der Waals surface area (Å²) in [6.45, 7) is 1.85. The highest BCUT2D eigenvalue weighted by atomic mass is 35.5. The summed E-state index contributed by atoms with van der Waals surface area (Å²) in [6.07, 6.45) is 1.91. The molecule has 8 nitrogen and oxygen atoms in total. The number of nitrogens with two attached hydrogens (primary N) is 1. The molecule has 0 saturated carbocycles. The zero-order valence-corrected chi connectivity index (χ0v) is 15.5. The molecule has 0 spiro atoms. The molecule has 1 amide bonds. The number of amides is 1. The van der Waals surface area contributed by atoms with Crippen LogP contribution in [0.5, 0.6) is 5.88 Å². The van der Waals surface area contributed by atoms with Gasteiger partial charge in [0.15, 0.2) is 5.82 Å². The summed E-state index contributed by atoms with van der Waals surface area (Å²) < 4.78 is 5.12. The van der Waals surface area contributed by atoms with Crippen LogP contribution in [0.15, 0.2) is 24.4 Å². The number of rotatable bonds is 4. The quantitative estimate of drug-likeness (QED) is 0.593. The number of nitrogen functional groups attached to an aromatic ring is 1. The van der Waals surface area contributed by atoms with Gasteiger partial charge in [0.05, 0.1) is 23.8 Å². The Balaban J connectivity index is 1.65. The van der Waals surface area contributed by atoms with Gasteiger partial charge in [-0.05, 0) is 19.1 Å². The molecule has 0 radical (unpaired) electrons. The highest BCUT2D eigenvalue weighted by Gasteiger charge is 2.14. The fourth-order valence-electron chi connectivity index (χ4n) is 2.37. The Morgan fingerprint density at radius 2 is 2.26 bits per heavy atom. The molecule has 0 aliphatic rings. The van der Waals surface area contributed by atoms with E-state index < -0.39 is 0 Å². The Morgan fingerprint density at radius 1 is 1.44 bits per heavy atom. The smallest absolute Gasteiger partial charge is 0.287 e. The first-order valence-electron chi connectivity index (χ1n) is 8.08. The number of halogens is 1. The number of anilines is 1. The van der Waals surface area contributed by atoms with Gasteiger partial charge in [0, 0.05) is 12.5 Å². The average molecular weight is 385 g/mol. The number of para-hydroxylation sites is 1. The zero-order chi connectivity index (χ0) is 19.4. The number of hydrogen-bond acceptors (Lipinski definition) is 6. The van der Waals surface area contributed by atoms with Crippen molar-refractivity contribution in [2.45, 2.75) is 19.4 Å². The topological polar surface area (TPSA) is 119 Å². The summed E-state index contributed by atoms with van der Waals surface area (Å²) >= 11 is 6.08. The van der Waals surface area contributed by atoms with Gasteiger partial charge in [-0.3, -0.25) is 4.79 Å². The number of ether oxygens (including phenoxy) is 1. The summed E-state index contributed by atoms with van der Waals surface area (Å²) in [7, 11) is 1.48. The number of carbonyl (C=O) groups is 1. The second-order valence-corrected chi connectivity index (χ2v) is 6.16. The number of aromatic nitrogens is 4. The molecule has 2 aromatic heterocycles. The minimum absolute atomic E-state index is 0.115. The fourth-order valence-corrected chi connectivity index (χ4v) is 2.58. The van der Waals surface area contributed by atoms with Crippen molar-refractivity contribution in [1.29, 1.82) is 0 Å². The summed E-state index contributed by atoms with van der Waals surface area (Å²) in [5, 5.41) is 3.33. The van der Waals surface area contributed by atoms with Crippen LogP contribution >= 0.6 is 11.6 Å². The van der Waals surface area contributed by atoms with E-state index >= 15 is 0 Å². The SMILES string of the molecule is COc1nc(N)ncc1C#CC[C@H](C)NC(=O)c1nc2c(Cl)cccc2[nH]1. The number of H-pyrrole nitrogens is 1. The number of imidazole rings is 1.